The van der Waals surface area contributed by atoms with Gasteiger partial charge in [0.05, 0.1) is 4.90 Å². The van der Waals surface area contributed by atoms with E-state index in [1.54, 1.807) is 49.6 Å². The van der Waals surface area contributed by atoms with E-state index < -0.39 is 10.0 Å². The average molecular weight is 402 g/mol. The number of benzene rings is 2. The Hall–Kier alpha value is -2.55. The summed E-state index contributed by atoms with van der Waals surface area (Å²) in [6, 6.07) is 11.9. The fraction of sp³-hybridized carbons (Fsp3) is 0.158. The summed E-state index contributed by atoms with van der Waals surface area (Å²) in [4.78, 5) is 17.0. The van der Waals surface area contributed by atoms with Gasteiger partial charge in [-0.2, -0.15) is 0 Å². The summed E-state index contributed by atoms with van der Waals surface area (Å²) < 4.78 is 26.8. The molecule has 0 atom stereocenters. The van der Waals surface area contributed by atoms with Gasteiger partial charge in [0.15, 0.2) is 0 Å². The van der Waals surface area contributed by atoms with Crippen molar-refractivity contribution in [1.29, 1.82) is 0 Å². The minimum absolute atomic E-state index is 0.0687. The molecule has 3 rings (SSSR count). The number of nitrogens with zero attached hydrogens (tertiary/aromatic N) is 1. The summed E-state index contributed by atoms with van der Waals surface area (Å²) in [7, 11) is -3.62. The van der Waals surface area contributed by atoms with E-state index in [1.165, 1.54) is 12.1 Å². The molecule has 0 aliphatic carbocycles. The van der Waals surface area contributed by atoms with E-state index in [2.05, 4.69) is 15.0 Å². The molecule has 0 aliphatic heterocycles. The summed E-state index contributed by atoms with van der Waals surface area (Å²) >= 11 is 1.54. The van der Waals surface area contributed by atoms with Crippen molar-refractivity contribution in [2.75, 3.05) is 11.9 Å². The third-order valence-electron chi connectivity index (χ3n) is 3.92. The van der Waals surface area contributed by atoms with E-state index in [1.807, 2.05) is 17.5 Å². The van der Waals surface area contributed by atoms with Gasteiger partial charge in [-0.15, -0.1) is 11.3 Å². The number of hydrogen-bond acceptors (Lipinski definition) is 5. The highest BCUT2D eigenvalue weighted by atomic mass is 32.2. The number of carbonyl (C=O) groups excluding carboxylic acids is 1. The number of sulfonamides is 1. The van der Waals surface area contributed by atoms with Crippen molar-refractivity contribution in [2.24, 2.45) is 0 Å². The first kappa shape index (κ1) is 19.2. The molecule has 0 spiro atoms. The molecule has 0 bridgehead atoms. The second kappa shape index (κ2) is 7.99. The molecule has 0 saturated heterocycles. The van der Waals surface area contributed by atoms with Crippen LogP contribution >= 0.6 is 11.3 Å². The largest absolute Gasteiger partial charge is 0.322 e. The highest BCUT2D eigenvalue weighted by Crippen LogP contribution is 2.24. The summed E-state index contributed by atoms with van der Waals surface area (Å²) in [6.45, 7) is 3.75. The molecule has 3 aromatic rings. The third kappa shape index (κ3) is 4.41. The zero-order valence-corrected chi connectivity index (χ0v) is 16.5. The first-order valence-electron chi connectivity index (χ1n) is 8.32. The third-order valence-corrected chi connectivity index (χ3v) is 6.29. The SMILES string of the molecule is CCNS(=O)(=O)c1ccc(C)c(C(=O)Nc2ccc(-c3nccs3)cc2)c1. The van der Waals surface area contributed by atoms with Gasteiger partial charge in [0.2, 0.25) is 10.0 Å². The molecule has 27 heavy (non-hydrogen) atoms. The average Bonchev–Trinajstić information content (AvgIpc) is 3.17. The number of hydrogen-bond donors (Lipinski definition) is 2. The molecule has 0 fully saturated rings. The molecule has 1 amide bonds. The number of thiazole rings is 1. The van der Waals surface area contributed by atoms with Crippen molar-refractivity contribution < 1.29 is 13.2 Å². The molecule has 6 nitrogen and oxygen atoms in total. The van der Waals surface area contributed by atoms with E-state index in [-0.39, 0.29) is 17.3 Å². The highest BCUT2D eigenvalue weighted by Gasteiger charge is 2.17. The van der Waals surface area contributed by atoms with Crippen LogP contribution in [-0.2, 0) is 10.0 Å². The van der Waals surface area contributed by atoms with E-state index in [0.29, 0.717) is 16.8 Å². The Morgan fingerprint density at radius 3 is 2.52 bits per heavy atom. The molecule has 0 radical (unpaired) electrons. The maximum atomic E-state index is 12.6. The van der Waals surface area contributed by atoms with Crippen LogP contribution in [0.1, 0.15) is 22.8 Å². The minimum Gasteiger partial charge on any atom is -0.322 e. The van der Waals surface area contributed by atoms with Gasteiger partial charge in [-0.1, -0.05) is 13.0 Å². The van der Waals surface area contributed by atoms with Crippen LogP contribution in [0.2, 0.25) is 0 Å². The molecule has 140 valence electrons. The minimum atomic E-state index is -3.62. The lowest BCUT2D eigenvalue weighted by Gasteiger charge is -2.11. The zero-order chi connectivity index (χ0) is 19.4. The number of aryl methyl sites for hydroxylation is 1. The lowest BCUT2D eigenvalue weighted by Crippen LogP contribution is -2.24. The molecule has 2 aromatic carbocycles. The van der Waals surface area contributed by atoms with Gasteiger partial charge in [-0.3, -0.25) is 4.79 Å². The molecule has 1 aromatic heterocycles. The van der Waals surface area contributed by atoms with Gasteiger partial charge < -0.3 is 5.32 Å². The Morgan fingerprint density at radius 2 is 1.89 bits per heavy atom. The molecular weight excluding hydrogens is 382 g/mol. The predicted molar refractivity (Wildman–Crippen MR) is 108 cm³/mol. The van der Waals surface area contributed by atoms with Gasteiger partial charge in [-0.25, -0.2) is 18.1 Å². The first-order valence-corrected chi connectivity index (χ1v) is 10.7. The van der Waals surface area contributed by atoms with Crippen LogP contribution in [-0.4, -0.2) is 25.9 Å². The van der Waals surface area contributed by atoms with Crippen molar-refractivity contribution in [2.45, 2.75) is 18.7 Å². The highest BCUT2D eigenvalue weighted by molar-refractivity contribution is 7.89. The number of amides is 1. The monoisotopic (exact) mass is 401 g/mol. The second-order valence-electron chi connectivity index (χ2n) is 5.85. The zero-order valence-electron chi connectivity index (χ0n) is 14.9. The van der Waals surface area contributed by atoms with Gasteiger partial charge in [0, 0.05) is 34.9 Å². The first-order chi connectivity index (χ1) is 12.9. The van der Waals surface area contributed by atoms with E-state index in [9.17, 15) is 13.2 Å². The Morgan fingerprint density at radius 1 is 1.15 bits per heavy atom. The molecule has 0 aliphatic rings. The Labute approximate surface area is 162 Å². The van der Waals surface area contributed by atoms with Crippen molar-refractivity contribution in [1.82, 2.24) is 9.71 Å². The van der Waals surface area contributed by atoms with Crippen molar-refractivity contribution in [3.63, 3.8) is 0 Å². The fourth-order valence-corrected chi connectivity index (χ4v) is 4.26. The van der Waals surface area contributed by atoms with E-state index >= 15 is 0 Å². The molecule has 0 saturated carbocycles. The number of anilines is 1. The maximum absolute atomic E-state index is 12.6. The summed E-state index contributed by atoms with van der Waals surface area (Å²) in [5, 5.41) is 5.62. The Bertz CT molecular complexity index is 1040. The van der Waals surface area contributed by atoms with Crippen molar-refractivity contribution in [3.8, 4) is 10.6 Å². The molecule has 2 N–H and O–H groups in total. The van der Waals surface area contributed by atoms with Gasteiger partial charge >= 0.3 is 0 Å². The topological polar surface area (TPSA) is 88.2 Å². The predicted octanol–water partition coefficient (Wildman–Crippen LogP) is 3.67. The van der Waals surface area contributed by atoms with Crippen LogP contribution in [0.4, 0.5) is 5.69 Å². The fourth-order valence-electron chi connectivity index (χ4n) is 2.55. The van der Waals surface area contributed by atoms with E-state index in [0.717, 1.165) is 10.6 Å². The molecule has 1 heterocycles. The lowest BCUT2D eigenvalue weighted by molar-refractivity contribution is 0.102. The van der Waals surface area contributed by atoms with Crippen LogP contribution in [0, 0.1) is 6.92 Å². The Kier molecular flexibility index (Phi) is 5.69. The normalized spacial score (nSPS) is 11.3. The second-order valence-corrected chi connectivity index (χ2v) is 8.51. The van der Waals surface area contributed by atoms with Crippen LogP contribution in [0.15, 0.2) is 58.9 Å². The van der Waals surface area contributed by atoms with Crippen molar-refractivity contribution >= 4 is 33.0 Å². The van der Waals surface area contributed by atoms with Gasteiger partial charge in [0.25, 0.3) is 5.91 Å². The number of rotatable bonds is 6. The summed E-state index contributed by atoms with van der Waals surface area (Å²) in [5.74, 6) is -0.358. The van der Waals surface area contributed by atoms with Crippen LogP contribution < -0.4 is 10.0 Å². The number of carbonyl (C=O) groups is 1. The lowest BCUT2D eigenvalue weighted by atomic mass is 10.1. The maximum Gasteiger partial charge on any atom is 0.255 e. The number of nitrogens with one attached hydrogen (secondary N) is 2. The standard InChI is InChI=1S/C19H19N3O3S2/c1-3-21-27(24,25)16-9-4-13(2)17(12-16)18(23)22-15-7-5-14(6-8-15)19-20-10-11-26-19/h4-12,21H,3H2,1-2H3,(H,22,23). The summed E-state index contributed by atoms with van der Waals surface area (Å²) in [5.41, 5.74) is 2.61. The van der Waals surface area contributed by atoms with Crippen molar-refractivity contribution in [3.05, 3.63) is 65.2 Å². The summed E-state index contributed by atoms with van der Waals surface area (Å²) in [6.07, 6.45) is 1.74. The molecular formula is C19H19N3O3S2. The van der Waals surface area contributed by atoms with Crippen LogP contribution in [0.3, 0.4) is 0 Å². The van der Waals surface area contributed by atoms with Crippen LogP contribution in [0.5, 0.6) is 0 Å². The quantitative estimate of drug-likeness (QED) is 0.660. The van der Waals surface area contributed by atoms with Gasteiger partial charge in [0.1, 0.15) is 5.01 Å². The van der Waals surface area contributed by atoms with Gasteiger partial charge in [-0.05, 0) is 48.9 Å². The van der Waals surface area contributed by atoms with E-state index in [4.69, 9.17) is 0 Å². The Balaban J connectivity index is 1.82. The number of aromatic nitrogens is 1. The molecule has 8 heteroatoms. The van der Waals surface area contributed by atoms with Crippen LogP contribution in [0.25, 0.3) is 10.6 Å². The molecule has 0 unspecified atom stereocenters. The smallest absolute Gasteiger partial charge is 0.255 e.